The number of rotatable bonds is 18. The van der Waals surface area contributed by atoms with E-state index in [2.05, 4.69) is 20.5 Å². The number of benzene rings is 4. The van der Waals surface area contributed by atoms with E-state index < -0.39 is 9.85 Å². The summed E-state index contributed by atoms with van der Waals surface area (Å²) in [5, 5.41) is 38.0. The van der Waals surface area contributed by atoms with Gasteiger partial charge in [0, 0.05) is 24.3 Å². The number of azo groups is 2. The van der Waals surface area contributed by atoms with Crippen molar-refractivity contribution in [1.82, 2.24) is 0 Å². The second-order valence-corrected chi connectivity index (χ2v) is 10.1. The number of nitro groups is 2. The summed E-state index contributed by atoms with van der Waals surface area (Å²) in [4.78, 5) is 20.6. The summed E-state index contributed by atoms with van der Waals surface area (Å²) in [6.45, 7) is 1.32. The van der Waals surface area contributed by atoms with Gasteiger partial charge in [-0.3, -0.25) is 20.2 Å². The third-order valence-electron chi connectivity index (χ3n) is 6.68. The first-order chi connectivity index (χ1) is 22.0. The molecule has 232 valence electrons. The van der Waals surface area contributed by atoms with Gasteiger partial charge < -0.3 is 9.47 Å². The Hall–Kier alpha value is -5.52. The van der Waals surface area contributed by atoms with Crippen LogP contribution in [-0.2, 0) is 0 Å². The minimum absolute atomic E-state index is 0.0176. The summed E-state index contributed by atoms with van der Waals surface area (Å²) < 4.78 is 11.7. The molecule has 4 aromatic rings. The first kappa shape index (κ1) is 32.4. The standard InChI is InChI=1S/C33H34N6O6/c40-38(41)30-16-8-26(9-17-30)34-36-28-12-20-32(21-13-28)44-24-6-4-2-1-3-5-7-25-45-33-22-14-29(15-23-33)37-35-27-10-18-31(19-11-27)39(42)43/h8-23H,1-7,24-25H2. The molecule has 0 spiro atoms. The van der Waals surface area contributed by atoms with Crippen LogP contribution >= 0.6 is 0 Å². The van der Waals surface area contributed by atoms with Gasteiger partial charge in [0.2, 0.25) is 0 Å². The van der Waals surface area contributed by atoms with Crippen molar-refractivity contribution in [3.05, 3.63) is 117 Å². The molecule has 0 saturated heterocycles. The quantitative estimate of drug-likeness (QED) is 0.0472. The van der Waals surface area contributed by atoms with Crippen LogP contribution in [-0.4, -0.2) is 23.1 Å². The van der Waals surface area contributed by atoms with Crippen LogP contribution in [0, 0.1) is 20.2 Å². The predicted molar refractivity (Wildman–Crippen MR) is 171 cm³/mol. The van der Waals surface area contributed by atoms with Gasteiger partial charge in [-0.2, -0.15) is 20.5 Å². The molecule has 0 saturated carbocycles. The molecule has 4 aromatic carbocycles. The molecule has 0 fully saturated rings. The van der Waals surface area contributed by atoms with E-state index in [4.69, 9.17) is 9.47 Å². The van der Waals surface area contributed by atoms with Crippen LogP contribution in [0.3, 0.4) is 0 Å². The van der Waals surface area contributed by atoms with E-state index in [-0.39, 0.29) is 11.4 Å². The average molecular weight is 611 g/mol. The first-order valence-electron chi connectivity index (χ1n) is 14.7. The number of nitrogens with zero attached hydrogens (tertiary/aromatic N) is 6. The number of hydrogen-bond acceptors (Lipinski definition) is 10. The fourth-order valence-electron chi connectivity index (χ4n) is 4.20. The molecule has 0 N–H and O–H groups in total. The van der Waals surface area contributed by atoms with Crippen molar-refractivity contribution >= 4 is 34.1 Å². The zero-order chi connectivity index (χ0) is 31.7. The van der Waals surface area contributed by atoms with Gasteiger partial charge in [-0.05, 0) is 85.6 Å². The van der Waals surface area contributed by atoms with Crippen molar-refractivity contribution < 1.29 is 19.3 Å². The van der Waals surface area contributed by atoms with Crippen molar-refractivity contribution in [2.75, 3.05) is 13.2 Å². The predicted octanol–water partition coefficient (Wildman–Crippen LogP) is 10.5. The lowest BCUT2D eigenvalue weighted by Gasteiger charge is -2.07. The zero-order valence-corrected chi connectivity index (χ0v) is 24.7. The molecule has 0 amide bonds. The van der Waals surface area contributed by atoms with Crippen LogP contribution in [0.2, 0.25) is 0 Å². The monoisotopic (exact) mass is 610 g/mol. The van der Waals surface area contributed by atoms with E-state index in [1.165, 1.54) is 43.5 Å². The number of unbranched alkanes of at least 4 members (excludes halogenated alkanes) is 6. The molecule has 45 heavy (non-hydrogen) atoms. The third-order valence-corrected chi connectivity index (χ3v) is 6.68. The number of nitro benzene ring substituents is 2. The van der Waals surface area contributed by atoms with Crippen molar-refractivity contribution in [3.63, 3.8) is 0 Å². The van der Waals surface area contributed by atoms with Gasteiger partial charge in [0.1, 0.15) is 11.5 Å². The number of ether oxygens (including phenoxy) is 2. The third kappa shape index (κ3) is 11.6. The largest absolute Gasteiger partial charge is 0.494 e. The smallest absolute Gasteiger partial charge is 0.269 e. The highest BCUT2D eigenvalue weighted by molar-refractivity contribution is 5.47. The highest BCUT2D eigenvalue weighted by Gasteiger charge is 2.04. The van der Waals surface area contributed by atoms with Gasteiger partial charge in [-0.25, -0.2) is 0 Å². The van der Waals surface area contributed by atoms with Gasteiger partial charge in [0.05, 0.1) is 45.8 Å². The van der Waals surface area contributed by atoms with Crippen molar-refractivity contribution in [2.45, 2.75) is 44.9 Å². The minimum Gasteiger partial charge on any atom is -0.494 e. The molecule has 12 heteroatoms. The summed E-state index contributed by atoms with van der Waals surface area (Å²) in [6, 6.07) is 26.5. The first-order valence-corrected chi connectivity index (χ1v) is 14.7. The number of non-ortho nitro benzene ring substituents is 2. The average Bonchev–Trinajstić information content (AvgIpc) is 3.06. The summed E-state index contributed by atoms with van der Waals surface area (Å²) in [5.74, 6) is 1.57. The fraction of sp³-hybridized carbons (Fsp3) is 0.273. The van der Waals surface area contributed by atoms with E-state index in [0.717, 1.165) is 37.2 Å². The van der Waals surface area contributed by atoms with E-state index in [1.54, 1.807) is 24.3 Å². The van der Waals surface area contributed by atoms with Gasteiger partial charge in [0.15, 0.2) is 0 Å². The maximum Gasteiger partial charge on any atom is 0.269 e. The number of hydrogen-bond donors (Lipinski definition) is 0. The van der Waals surface area contributed by atoms with Crippen LogP contribution in [0.15, 0.2) is 118 Å². The van der Waals surface area contributed by atoms with Crippen LogP contribution in [0.1, 0.15) is 44.9 Å². The molecule has 0 atom stereocenters. The summed E-state index contributed by atoms with van der Waals surface area (Å²) in [5.41, 5.74) is 2.46. The molecule has 0 heterocycles. The Morgan fingerprint density at radius 3 is 0.978 bits per heavy atom. The maximum absolute atomic E-state index is 10.7. The van der Waals surface area contributed by atoms with Crippen molar-refractivity contribution in [2.24, 2.45) is 20.5 Å². The highest BCUT2D eigenvalue weighted by Crippen LogP contribution is 2.25. The summed E-state index contributed by atoms with van der Waals surface area (Å²) >= 11 is 0. The van der Waals surface area contributed by atoms with E-state index >= 15 is 0 Å². The van der Waals surface area contributed by atoms with Crippen molar-refractivity contribution in [1.29, 1.82) is 0 Å². The second-order valence-electron chi connectivity index (χ2n) is 10.1. The molecule has 0 bridgehead atoms. The fourth-order valence-corrected chi connectivity index (χ4v) is 4.20. The van der Waals surface area contributed by atoms with E-state index in [1.807, 2.05) is 48.5 Å². The summed E-state index contributed by atoms with van der Waals surface area (Å²) in [6.07, 6.45) is 7.74. The Morgan fingerprint density at radius 1 is 0.422 bits per heavy atom. The Morgan fingerprint density at radius 2 is 0.689 bits per heavy atom. The van der Waals surface area contributed by atoms with Gasteiger partial charge in [-0.15, -0.1) is 0 Å². The van der Waals surface area contributed by atoms with Crippen LogP contribution in [0.4, 0.5) is 34.1 Å². The molecule has 0 radical (unpaired) electrons. The van der Waals surface area contributed by atoms with Crippen LogP contribution in [0.25, 0.3) is 0 Å². The Kier molecular flexibility index (Phi) is 12.6. The van der Waals surface area contributed by atoms with Gasteiger partial charge >= 0.3 is 0 Å². The molecule has 12 nitrogen and oxygen atoms in total. The minimum atomic E-state index is -0.450. The van der Waals surface area contributed by atoms with E-state index in [0.29, 0.717) is 36.0 Å². The molecular weight excluding hydrogens is 576 g/mol. The van der Waals surface area contributed by atoms with E-state index in [9.17, 15) is 20.2 Å². The van der Waals surface area contributed by atoms with Crippen molar-refractivity contribution in [3.8, 4) is 11.5 Å². The molecule has 0 aliphatic heterocycles. The Labute approximate surface area is 260 Å². The second kappa shape index (κ2) is 17.6. The lowest BCUT2D eigenvalue weighted by molar-refractivity contribution is -0.385. The summed E-state index contributed by atoms with van der Waals surface area (Å²) in [7, 11) is 0. The highest BCUT2D eigenvalue weighted by atomic mass is 16.6. The van der Waals surface area contributed by atoms with Gasteiger partial charge in [0.25, 0.3) is 11.4 Å². The molecule has 0 unspecified atom stereocenters. The Balaban J connectivity index is 1.000. The van der Waals surface area contributed by atoms with Gasteiger partial charge in [-0.1, -0.05) is 32.1 Å². The lowest BCUT2D eigenvalue weighted by atomic mass is 10.1. The van der Waals surface area contributed by atoms with Crippen LogP contribution < -0.4 is 9.47 Å². The topological polar surface area (TPSA) is 154 Å². The molecule has 4 rings (SSSR count). The Bertz CT molecular complexity index is 1440. The SMILES string of the molecule is O=[N+]([O-])c1ccc(N=Nc2ccc(OCCCCCCCCCOc3ccc(N=Nc4ccc([N+](=O)[O-])cc4)cc3)cc2)cc1. The molecular formula is C33H34N6O6. The molecule has 0 aliphatic rings. The maximum atomic E-state index is 10.7. The van der Waals surface area contributed by atoms with Crippen LogP contribution in [0.5, 0.6) is 11.5 Å². The molecule has 0 aromatic heterocycles. The molecule has 0 aliphatic carbocycles. The normalized spacial score (nSPS) is 11.2. The zero-order valence-electron chi connectivity index (χ0n) is 24.7. The lowest BCUT2D eigenvalue weighted by Crippen LogP contribution is -1.98.